The fraction of sp³-hybridized carbons (Fsp3) is 0.900. The Balaban J connectivity index is 2.27. The molecular formula is C20H36O4. The first-order valence-electron chi connectivity index (χ1n) is 9.81. The minimum Gasteiger partial charge on any atom is -0.481 e. The molecule has 2 atom stereocenters. The summed E-state index contributed by atoms with van der Waals surface area (Å²) in [4.78, 5) is 23.5. The van der Waals surface area contributed by atoms with Crippen LogP contribution in [0.4, 0.5) is 0 Å². The molecule has 1 aliphatic carbocycles. The molecule has 1 aliphatic rings. The highest BCUT2D eigenvalue weighted by molar-refractivity contribution is 5.75. The van der Waals surface area contributed by atoms with E-state index >= 15 is 0 Å². The number of carbonyl (C=O) groups excluding carboxylic acids is 1. The first kappa shape index (κ1) is 21.0. The molecule has 1 fully saturated rings. The van der Waals surface area contributed by atoms with Crippen LogP contribution < -0.4 is 0 Å². The van der Waals surface area contributed by atoms with Gasteiger partial charge in [-0.1, -0.05) is 51.9 Å². The van der Waals surface area contributed by atoms with Crippen LogP contribution in [0.1, 0.15) is 97.8 Å². The monoisotopic (exact) mass is 340 g/mol. The lowest BCUT2D eigenvalue weighted by molar-refractivity contribution is -0.164. The van der Waals surface area contributed by atoms with Crippen LogP contribution in [0.3, 0.4) is 0 Å². The summed E-state index contributed by atoms with van der Waals surface area (Å²) >= 11 is 0. The molecule has 0 bridgehead atoms. The molecule has 0 saturated heterocycles. The molecule has 0 aliphatic heterocycles. The van der Waals surface area contributed by atoms with Gasteiger partial charge in [-0.15, -0.1) is 0 Å². The van der Waals surface area contributed by atoms with Gasteiger partial charge in [0.05, 0.1) is 11.8 Å². The van der Waals surface area contributed by atoms with Crippen molar-refractivity contribution in [2.24, 2.45) is 11.8 Å². The molecular weight excluding hydrogens is 304 g/mol. The third-order valence-electron chi connectivity index (χ3n) is 5.12. The molecule has 0 aromatic carbocycles. The fourth-order valence-electron chi connectivity index (χ4n) is 3.54. The SMILES string of the molecule is CCCCCCCCCC(C)(C)OC(=O)C1CCCC(C(=O)O)C1. The Morgan fingerprint density at radius 3 is 2.21 bits per heavy atom. The number of unbranched alkanes of at least 4 members (excludes halogenated alkanes) is 6. The van der Waals surface area contributed by atoms with E-state index in [4.69, 9.17) is 9.84 Å². The van der Waals surface area contributed by atoms with Crippen molar-refractivity contribution < 1.29 is 19.4 Å². The van der Waals surface area contributed by atoms with Crippen molar-refractivity contribution in [1.29, 1.82) is 0 Å². The first-order valence-corrected chi connectivity index (χ1v) is 9.81. The van der Waals surface area contributed by atoms with Gasteiger partial charge in [0.15, 0.2) is 0 Å². The molecule has 1 N–H and O–H groups in total. The van der Waals surface area contributed by atoms with Gasteiger partial charge in [-0.05, 0) is 46.0 Å². The van der Waals surface area contributed by atoms with E-state index < -0.39 is 11.6 Å². The molecule has 0 aromatic rings. The Labute approximate surface area is 147 Å². The highest BCUT2D eigenvalue weighted by Crippen LogP contribution is 2.32. The Hall–Kier alpha value is -1.06. The van der Waals surface area contributed by atoms with E-state index in [2.05, 4.69) is 6.92 Å². The molecule has 4 heteroatoms. The van der Waals surface area contributed by atoms with Crippen LogP contribution in [-0.4, -0.2) is 22.6 Å². The predicted molar refractivity (Wildman–Crippen MR) is 95.9 cm³/mol. The Kier molecular flexibility index (Phi) is 9.38. The van der Waals surface area contributed by atoms with Crippen molar-refractivity contribution in [1.82, 2.24) is 0 Å². The summed E-state index contributed by atoms with van der Waals surface area (Å²) in [5, 5.41) is 9.14. The van der Waals surface area contributed by atoms with E-state index in [-0.39, 0.29) is 17.8 Å². The maximum Gasteiger partial charge on any atom is 0.309 e. The fourth-order valence-corrected chi connectivity index (χ4v) is 3.54. The van der Waals surface area contributed by atoms with E-state index in [1.54, 1.807) is 0 Å². The molecule has 1 rings (SSSR count). The molecule has 2 unspecified atom stereocenters. The summed E-state index contributed by atoms with van der Waals surface area (Å²) in [7, 11) is 0. The van der Waals surface area contributed by atoms with Crippen molar-refractivity contribution >= 4 is 11.9 Å². The van der Waals surface area contributed by atoms with Gasteiger partial charge in [-0.3, -0.25) is 9.59 Å². The molecule has 0 radical (unpaired) electrons. The lowest BCUT2D eigenvalue weighted by Crippen LogP contribution is -2.34. The van der Waals surface area contributed by atoms with Gasteiger partial charge in [0.25, 0.3) is 0 Å². The van der Waals surface area contributed by atoms with Crippen molar-refractivity contribution in [2.75, 3.05) is 0 Å². The minimum absolute atomic E-state index is 0.200. The molecule has 0 spiro atoms. The van der Waals surface area contributed by atoms with E-state index in [0.717, 1.165) is 25.7 Å². The van der Waals surface area contributed by atoms with Gasteiger partial charge in [-0.2, -0.15) is 0 Å². The number of esters is 1. The van der Waals surface area contributed by atoms with Gasteiger partial charge < -0.3 is 9.84 Å². The van der Waals surface area contributed by atoms with Crippen LogP contribution >= 0.6 is 0 Å². The Morgan fingerprint density at radius 2 is 1.58 bits per heavy atom. The van der Waals surface area contributed by atoms with Crippen molar-refractivity contribution in [3.05, 3.63) is 0 Å². The van der Waals surface area contributed by atoms with Crippen molar-refractivity contribution in [2.45, 2.75) is 103 Å². The zero-order valence-electron chi connectivity index (χ0n) is 15.8. The summed E-state index contributed by atoms with van der Waals surface area (Å²) < 4.78 is 5.72. The van der Waals surface area contributed by atoms with E-state index in [0.29, 0.717) is 12.8 Å². The maximum absolute atomic E-state index is 12.4. The number of rotatable bonds is 11. The lowest BCUT2D eigenvalue weighted by Gasteiger charge is -2.30. The summed E-state index contributed by atoms with van der Waals surface area (Å²) in [6.45, 7) is 6.17. The van der Waals surface area contributed by atoms with E-state index in [9.17, 15) is 9.59 Å². The third kappa shape index (κ3) is 8.16. The number of hydrogen-bond acceptors (Lipinski definition) is 3. The van der Waals surface area contributed by atoms with Crippen LogP contribution in [0.15, 0.2) is 0 Å². The zero-order chi connectivity index (χ0) is 18.0. The number of carbonyl (C=O) groups is 2. The molecule has 1 saturated carbocycles. The second-order valence-corrected chi connectivity index (χ2v) is 7.95. The Morgan fingerprint density at radius 1 is 1.00 bits per heavy atom. The van der Waals surface area contributed by atoms with Gasteiger partial charge >= 0.3 is 11.9 Å². The molecule has 0 amide bonds. The average Bonchev–Trinajstić information content (AvgIpc) is 2.53. The van der Waals surface area contributed by atoms with Gasteiger partial charge in [0.2, 0.25) is 0 Å². The third-order valence-corrected chi connectivity index (χ3v) is 5.12. The molecule has 4 nitrogen and oxygen atoms in total. The van der Waals surface area contributed by atoms with Crippen LogP contribution in [0.25, 0.3) is 0 Å². The second-order valence-electron chi connectivity index (χ2n) is 7.95. The summed E-state index contributed by atoms with van der Waals surface area (Å²) in [6.07, 6.45) is 12.3. The topological polar surface area (TPSA) is 63.6 Å². The molecule has 0 aromatic heterocycles. The molecule has 140 valence electrons. The number of ether oxygens (including phenoxy) is 1. The van der Waals surface area contributed by atoms with E-state index in [1.807, 2.05) is 13.8 Å². The summed E-state index contributed by atoms with van der Waals surface area (Å²) in [5.41, 5.74) is -0.448. The lowest BCUT2D eigenvalue weighted by atomic mass is 9.81. The Bertz CT molecular complexity index is 389. The summed E-state index contributed by atoms with van der Waals surface area (Å²) in [5.74, 6) is -1.61. The van der Waals surface area contributed by atoms with Crippen molar-refractivity contribution in [3.8, 4) is 0 Å². The van der Waals surface area contributed by atoms with Gasteiger partial charge in [0.1, 0.15) is 5.60 Å². The number of aliphatic carboxylic acids is 1. The maximum atomic E-state index is 12.4. The highest BCUT2D eigenvalue weighted by Gasteiger charge is 2.34. The largest absolute Gasteiger partial charge is 0.481 e. The second kappa shape index (κ2) is 10.7. The van der Waals surface area contributed by atoms with Gasteiger partial charge in [-0.25, -0.2) is 0 Å². The number of carboxylic acids is 1. The average molecular weight is 341 g/mol. The zero-order valence-corrected chi connectivity index (χ0v) is 15.8. The normalized spacial score (nSPS) is 21.5. The predicted octanol–water partition coefficient (Wildman–Crippen LogP) is 5.34. The van der Waals surface area contributed by atoms with Crippen LogP contribution in [0.5, 0.6) is 0 Å². The van der Waals surface area contributed by atoms with Crippen LogP contribution in [0.2, 0.25) is 0 Å². The smallest absolute Gasteiger partial charge is 0.309 e. The molecule has 24 heavy (non-hydrogen) atoms. The first-order chi connectivity index (χ1) is 11.4. The van der Waals surface area contributed by atoms with Crippen LogP contribution in [0, 0.1) is 11.8 Å². The van der Waals surface area contributed by atoms with Crippen LogP contribution in [-0.2, 0) is 14.3 Å². The number of hydrogen-bond donors (Lipinski definition) is 1. The summed E-state index contributed by atoms with van der Waals surface area (Å²) in [6, 6.07) is 0. The molecule has 0 heterocycles. The minimum atomic E-state index is -0.783. The van der Waals surface area contributed by atoms with Crippen molar-refractivity contribution in [3.63, 3.8) is 0 Å². The highest BCUT2D eigenvalue weighted by atomic mass is 16.6. The standard InChI is InChI=1S/C20H36O4/c1-4-5-6-7-8-9-10-14-20(2,3)24-19(23)17-13-11-12-16(15-17)18(21)22/h16-17H,4-15H2,1-3H3,(H,21,22). The number of carboxylic acid groups (broad SMARTS) is 1. The van der Waals surface area contributed by atoms with E-state index in [1.165, 1.54) is 38.5 Å². The van der Waals surface area contributed by atoms with Gasteiger partial charge in [0, 0.05) is 0 Å². The quantitative estimate of drug-likeness (QED) is 0.407.